The van der Waals surface area contributed by atoms with E-state index in [1.807, 2.05) is 17.0 Å². The smallest absolute Gasteiger partial charge is 0.246 e. The summed E-state index contributed by atoms with van der Waals surface area (Å²) in [5, 5.41) is 1.01. The fraction of sp³-hybridized carbons (Fsp3) is 0.250. The van der Waals surface area contributed by atoms with Crippen molar-refractivity contribution in [2.45, 2.75) is 6.54 Å². The molecule has 5 heteroatoms. The Bertz CT molecular complexity index is 754. The van der Waals surface area contributed by atoms with Crippen molar-refractivity contribution < 1.29 is 4.79 Å². The third kappa shape index (κ3) is 5.08. The second kappa shape index (κ2) is 8.52. The van der Waals surface area contributed by atoms with Gasteiger partial charge >= 0.3 is 0 Å². The molecule has 1 amide bonds. The Morgan fingerprint density at radius 3 is 2.36 bits per heavy atom. The van der Waals surface area contributed by atoms with Crippen LogP contribution in [0.5, 0.6) is 0 Å². The molecule has 1 aliphatic heterocycles. The van der Waals surface area contributed by atoms with Gasteiger partial charge in [-0.25, -0.2) is 0 Å². The molecule has 1 saturated heterocycles. The fourth-order valence-corrected chi connectivity index (χ4v) is 3.16. The minimum absolute atomic E-state index is 0.0328. The predicted octanol–water partition coefficient (Wildman–Crippen LogP) is 4.35. The number of amides is 1. The maximum absolute atomic E-state index is 12.3. The van der Waals surface area contributed by atoms with Gasteiger partial charge in [0.05, 0.1) is 10.0 Å². The zero-order valence-corrected chi connectivity index (χ0v) is 15.4. The first-order chi connectivity index (χ1) is 12.1. The molecule has 1 fully saturated rings. The Morgan fingerprint density at radius 1 is 0.960 bits per heavy atom. The summed E-state index contributed by atoms with van der Waals surface area (Å²) in [4.78, 5) is 16.6. The quantitative estimate of drug-likeness (QED) is 0.742. The highest BCUT2D eigenvalue weighted by Crippen LogP contribution is 2.23. The Labute approximate surface area is 158 Å². The largest absolute Gasteiger partial charge is 0.337 e. The molecule has 1 heterocycles. The van der Waals surface area contributed by atoms with Gasteiger partial charge < -0.3 is 4.90 Å². The third-order valence-corrected chi connectivity index (χ3v) is 5.03. The average molecular weight is 375 g/mol. The van der Waals surface area contributed by atoms with Crippen LogP contribution in [-0.4, -0.2) is 41.9 Å². The lowest BCUT2D eigenvalue weighted by Crippen LogP contribution is -2.47. The van der Waals surface area contributed by atoms with E-state index in [0.29, 0.717) is 10.0 Å². The second-order valence-electron chi connectivity index (χ2n) is 6.09. The normalized spacial score (nSPS) is 15.7. The summed E-state index contributed by atoms with van der Waals surface area (Å²) < 4.78 is 0. The Hall–Kier alpha value is -1.81. The van der Waals surface area contributed by atoms with E-state index in [9.17, 15) is 4.79 Å². The maximum Gasteiger partial charge on any atom is 0.246 e. The topological polar surface area (TPSA) is 23.6 Å². The van der Waals surface area contributed by atoms with Crippen molar-refractivity contribution in [3.8, 4) is 0 Å². The molecule has 0 saturated carbocycles. The molecule has 3 nitrogen and oxygen atoms in total. The fourth-order valence-electron chi connectivity index (χ4n) is 2.86. The van der Waals surface area contributed by atoms with Gasteiger partial charge in [-0.3, -0.25) is 9.69 Å². The van der Waals surface area contributed by atoms with Crippen molar-refractivity contribution >= 4 is 35.2 Å². The second-order valence-corrected chi connectivity index (χ2v) is 6.91. The molecule has 0 atom stereocenters. The van der Waals surface area contributed by atoms with Gasteiger partial charge in [0, 0.05) is 38.8 Å². The summed E-state index contributed by atoms with van der Waals surface area (Å²) in [6.07, 6.45) is 3.38. The number of rotatable bonds is 4. The molecule has 130 valence electrons. The summed E-state index contributed by atoms with van der Waals surface area (Å²) in [6, 6.07) is 15.7. The van der Waals surface area contributed by atoms with E-state index in [4.69, 9.17) is 23.2 Å². The highest BCUT2D eigenvalue weighted by molar-refractivity contribution is 6.42. The van der Waals surface area contributed by atoms with E-state index in [1.165, 1.54) is 5.56 Å². The highest BCUT2D eigenvalue weighted by atomic mass is 35.5. The number of hydrogen-bond donors (Lipinski definition) is 0. The van der Waals surface area contributed by atoms with Gasteiger partial charge in [0.1, 0.15) is 0 Å². The maximum atomic E-state index is 12.3. The van der Waals surface area contributed by atoms with Gasteiger partial charge in [0.15, 0.2) is 0 Å². The first kappa shape index (κ1) is 18.0. The van der Waals surface area contributed by atoms with E-state index < -0.39 is 0 Å². The van der Waals surface area contributed by atoms with Gasteiger partial charge in [-0.1, -0.05) is 59.6 Å². The van der Waals surface area contributed by atoms with Crippen LogP contribution in [0.15, 0.2) is 54.6 Å². The number of carbonyl (C=O) groups excluding carboxylic acids is 1. The van der Waals surface area contributed by atoms with Crippen LogP contribution in [0, 0.1) is 0 Å². The lowest BCUT2D eigenvalue weighted by atomic mass is 10.2. The van der Waals surface area contributed by atoms with Gasteiger partial charge in [-0.15, -0.1) is 0 Å². The van der Waals surface area contributed by atoms with Crippen molar-refractivity contribution in [2.75, 3.05) is 26.2 Å². The van der Waals surface area contributed by atoms with Crippen LogP contribution < -0.4 is 0 Å². The van der Waals surface area contributed by atoms with E-state index in [1.54, 1.807) is 24.3 Å². The molecule has 25 heavy (non-hydrogen) atoms. The molecular weight excluding hydrogens is 355 g/mol. The van der Waals surface area contributed by atoms with Crippen LogP contribution in [0.25, 0.3) is 6.08 Å². The third-order valence-electron chi connectivity index (χ3n) is 4.29. The van der Waals surface area contributed by atoms with Gasteiger partial charge in [-0.2, -0.15) is 0 Å². The SMILES string of the molecule is O=C(C=Cc1ccc(Cl)c(Cl)c1)N1CCN(Cc2ccccc2)CC1. The van der Waals surface area contributed by atoms with Crippen LogP contribution in [-0.2, 0) is 11.3 Å². The number of nitrogens with zero attached hydrogens (tertiary/aromatic N) is 2. The van der Waals surface area contributed by atoms with Gasteiger partial charge in [0.2, 0.25) is 5.91 Å². The van der Waals surface area contributed by atoms with Crippen LogP contribution in [0.2, 0.25) is 10.0 Å². The Morgan fingerprint density at radius 2 is 1.68 bits per heavy atom. The molecule has 0 radical (unpaired) electrons. The van der Waals surface area contributed by atoms with E-state index in [0.717, 1.165) is 38.3 Å². The van der Waals surface area contributed by atoms with Crippen LogP contribution in [0.4, 0.5) is 0 Å². The Kier molecular flexibility index (Phi) is 6.14. The molecule has 1 aliphatic rings. The number of hydrogen-bond acceptors (Lipinski definition) is 2. The van der Waals surface area contributed by atoms with Crippen molar-refractivity contribution in [3.63, 3.8) is 0 Å². The monoisotopic (exact) mass is 374 g/mol. The molecule has 3 rings (SSSR count). The first-order valence-electron chi connectivity index (χ1n) is 8.30. The number of halogens is 2. The molecule has 0 spiro atoms. The highest BCUT2D eigenvalue weighted by Gasteiger charge is 2.19. The molecule has 0 aliphatic carbocycles. The number of piperazine rings is 1. The summed E-state index contributed by atoms with van der Waals surface area (Å²) in [7, 11) is 0. The molecule has 0 N–H and O–H groups in total. The molecule has 2 aromatic carbocycles. The molecule has 0 bridgehead atoms. The van der Waals surface area contributed by atoms with Crippen molar-refractivity contribution in [1.29, 1.82) is 0 Å². The van der Waals surface area contributed by atoms with Crippen molar-refractivity contribution in [3.05, 3.63) is 75.8 Å². The summed E-state index contributed by atoms with van der Waals surface area (Å²) in [5.74, 6) is 0.0328. The predicted molar refractivity (Wildman–Crippen MR) is 104 cm³/mol. The Balaban J connectivity index is 1.51. The van der Waals surface area contributed by atoms with E-state index in [2.05, 4.69) is 29.2 Å². The van der Waals surface area contributed by atoms with E-state index in [-0.39, 0.29) is 5.91 Å². The van der Waals surface area contributed by atoms with Crippen molar-refractivity contribution in [2.24, 2.45) is 0 Å². The minimum Gasteiger partial charge on any atom is -0.337 e. The van der Waals surface area contributed by atoms with Crippen molar-refractivity contribution in [1.82, 2.24) is 9.80 Å². The lowest BCUT2D eigenvalue weighted by molar-refractivity contribution is -0.127. The minimum atomic E-state index is 0.0328. The van der Waals surface area contributed by atoms with E-state index >= 15 is 0 Å². The standard InChI is InChI=1S/C20H20Cl2N2O/c21-18-8-6-16(14-19(18)22)7-9-20(25)24-12-10-23(11-13-24)15-17-4-2-1-3-5-17/h1-9,14H,10-13,15H2. The van der Waals surface area contributed by atoms with Crippen LogP contribution >= 0.6 is 23.2 Å². The first-order valence-corrected chi connectivity index (χ1v) is 9.06. The molecule has 2 aromatic rings. The van der Waals surface area contributed by atoms with Gasteiger partial charge in [-0.05, 0) is 29.3 Å². The average Bonchev–Trinajstić information content (AvgIpc) is 2.64. The number of benzene rings is 2. The molecular formula is C20H20Cl2N2O. The lowest BCUT2D eigenvalue weighted by Gasteiger charge is -2.34. The summed E-state index contributed by atoms with van der Waals surface area (Å²) >= 11 is 11.9. The molecule has 0 unspecified atom stereocenters. The summed E-state index contributed by atoms with van der Waals surface area (Å²) in [5.41, 5.74) is 2.17. The van der Waals surface area contributed by atoms with Gasteiger partial charge in [0.25, 0.3) is 0 Å². The van der Waals surface area contributed by atoms with Crippen LogP contribution in [0.1, 0.15) is 11.1 Å². The summed E-state index contributed by atoms with van der Waals surface area (Å²) in [6.45, 7) is 4.21. The zero-order valence-electron chi connectivity index (χ0n) is 13.9. The zero-order chi connectivity index (χ0) is 17.6. The van der Waals surface area contributed by atoms with Crippen LogP contribution in [0.3, 0.4) is 0 Å². The molecule has 0 aromatic heterocycles. The number of carbonyl (C=O) groups is 1.